The van der Waals surface area contributed by atoms with Crippen LogP contribution in [0.5, 0.6) is 0 Å². The fourth-order valence-electron chi connectivity index (χ4n) is 0.495. The van der Waals surface area contributed by atoms with E-state index < -0.39 is 0 Å². The summed E-state index contributed by atoms with van der Waals surface area (Å²) in [4.78, 5) is 0. The van der Waals surface area contributed by atoms with Crippen molar-refractivity contribution in [3.63, 3.8) is 0 Å². The highest BCUT2D eigenvalue weighted by atomic mass is 35.5. The molecule has 0 rings (SSSR count). The number of halogens is 2. The minimum atomic E-state index is 0. The van der Waals surface area contributed by atoms with Crippen molar-refractivity contribution in [2.45, 2.75) is 0 Å². The molecule has 0 aliphatic heterocycles. The van der Waals surface area contributed by atoms with Crippen molar-refractivity contribution in [1.29, 1.82) is 0 Å². The van der Waals surface area contributed by atoms with E-state index in [1.54, 1.807) is 0 Å². The second-order valence-corrected chi connectivity index (χ2v) is 3.69. The van der Waals surface area contributed by atoms with Crippen LogP contribution in [0, 0.1) is 0 Å². The van der Waals surface area contributed by atoms with Crippen LogP contribution in [-0.2, 0) is 4.74 Å². The van der Waals surface area contributed by atoms with Gasteiger partial charge in [-0.3, -0.25) is 0 Å². The Bertz CT molecular complexity index is 83.0. The fraction of sp³-hybridized carbons (Fsp3) is 1.00. The lowest BCUT2D eigenvalue weighted by Crippen LogP contribution is -3.00. The molecule has 0 N–H and O–H groups in total. The van der Waals surface area contributed by atoms with E-state index >= 15 is 0 Å². The quantitative estimate of drug-likeness (QED) is 0.283. The highest BCUT2D eigenvalue weighted by Crippen LogP contribution is 1.89. The van der Waals surface area contributed by atoms with Crippen molar-refractivity contribution < 1.29 is 21.6 Å². The lowest BCUT2D eigenvalue weighted by Gasteiger charge is -2.23. The zero-order valence-electron chi connectivity index (χ0n) is 7.44. The number of rotatable bonds is 5. The number of alkyl halides is 1. The van der Waals surface area contributed by atoms with Gasteiger partial charge in [0.1, 0.15) is 6.54 Å². The summed E-state index contributed by atoms with van der Waals surface area (Å²) < 4.78 is 6.16. The standard InChI is InChI=1S/C7H17ClNO.ClH/c1-9(2,3)5-7-10-6-4-8;/h4-7H2,1-3H3;1H/q+1;/p-1. The molecule has 0 aromatic rings. The molecule has 0 unspecified atom stereocenters. The van der Waals surface area contributed by atoms with Crippen LogP contribution in [0.1, 0.15) is 0 Å². The molecule has 0 aromatic heterocycles. The van der Waals surface area contributed by atoms with Crippen LogP contribution in [0.4, 0.5) is 0 Å². The van der Waals surface area contributed by atoms with Crippen LogP contribution in [0.25, 0.3) is 0 Å². The van der Waals surface area contributed by atoms with Crippen LogP contribution in [0.2, 0.25) is 0 Å². The number of quaternary nitrogens is 1. The third-order valence-corrected chi connectivity index (χ3v) is 1.28. The summed E-state index contributed by atoms with van der Waals surface area (Å²) in [5.74, 6) is 0.594. The molecule has 0 amide bonds. The number of hydrogen-bond donors (Lipinski definition) is 0. The Morgan fingerprint density at radius 3 is 2.09 bits per heavy atom. The fourth-order valence-corrected chi connectivity index (χ4v) is 0.604. The van der Waals surface area contributed by atoms with Gasteiger partial charge in [-0.25, -0.2) is 0 Å². The molecule has 0 fully saturated rings. The maximum Gasteiger partial charge on any atom is 0.102 e. The molecule has 0 aliphatic rings. The van der Waals surface area contributed by atoms with Crippen molar-refractivity contribution in [2.24, 2.45) is 0 Å². The summed E-state index contributed by atoms with van der Waals surface area (Å²) in [6, 6.07) is 0. The summed E-state index contributed by atoms with van der Waals surface area (Å²) in [7, 11) is 6.43. The van der Waals surface area contributed by atoms with Gasteiger partial charge < -0.3 is 21.6 Å². The Kier molecular flexibility index (Phi) is 9.15. The summed E-state index contributed by atoms with van der Waals surface area (Å²) in [6.45, 7) is 2.51. The molecule has 0 saturated carbocycles. The monoisotopic (exact) mass is 201 g/mol. The summed E-state index contributed by atoms with van der Waals surface area (Å²) >= 11 is 5.42. The Morgan fingerprint density at radius 2 is 1.73 bits per heavy atom. The molecule has 0 spiro atoms. The van der Waals surface area contributed by atoms with Crippen LogP contribution >= 0.6 is 11.6 Å². The number of ether oxygens (including phenoxy) is 1. The average molecular weight is 202 g/mol. The van der Waals surface area contributed by atoms with E-state index in [2.05, 4.69) is 21.1 Å². The Balaban J connectivity index is 0. The van der Waals surface area contributed by atoms with E-state index in [-0.39, 0.29) is 12.4 Å². The second-order valence-electron chi connectivity index (χ2n) is 3.32. The SMILES string of the molecule is C[N+](C)(C)CCOCCCl.[Cl-]. The Morgan fingerprint density at radius 1 is 1.18 bits per heavy atom. The first-order chi connectivity index (χ1) is 4.56. The lowest BCUT2D eigenvalue weighted by atomic mass is 10.5. The summed E-state index contributed by atoms with van der Waals surface area (Å²) in [5.41, 5.74) is 0. The van der Waals surface area contributed by atoms with Crippen molar-refractivity contribution in [1.82, 2.24) is 0 Å². The maximum atomic E-state index is 5.42. The zero-order valence-corrected chi connectivity index (χ0v) is 8.95. The van der Waals surface area contributed by atoms with Gasteiger partial charge in [0.2, 0.25) is 0 Å². The van der Waals surface area contributed by atoms with Crippen molar-refractivity contribution >= 4 is 11.6 Å². The molecule has 11 heavy (non-hydrogen) atoms. The van der Waals surface area contributed by atoms with Crippen molar-refractivity contribution in [3.05, 3.63) is 0 Å². The zero-order chi connectivity index (χ0) is 8.04. The van der Waals surface area contributed by atoms with E-state index in [9.17, 15) is 0 Å². The first kappa shape index (κ1) is 14.0. The molecule has 0 aromatic carbocycles. The first-order valence-corrected chi connectivity index (χ1v) is 4.04. The third-order valence-electron chi connectivity index (χ3n) is 1.13. The summed E-state index contributed by atoms with van der Waals surface area (Å²) in [6.07, 6.45) is 0. The van der Waals surface area contributed by atoms with Gasteiger partial charge in [0.25, 0.3) is 0 Å². The normalized spacial score (nSPS) is 10.9. The molecule has 0 saturated heterocycles. The topological polar surface area (TPSA) is 9.23 Å². The Labute approximate surface area is 80.5 Å². The van der Waals surface area contributed by atoms with Crippen LogP contribution in [-0.4, -0.2) is 51.3 Å². The molecular formula is C7H17Cl2NO. The second kappa shape index (κ2) is 7.17. The first-order valence-electron chi connectivity index (χ1n) is 3.50. The predicted molar refractivity (Wildman–Crippen MR) is 44.4 cm³/mol. The van der Waals surface area contributed by atoms with Gasteiger partial charge in [0, 0.05) is 5.88 Å². The number of nitrogens with zero attached hydrogens (tertiary/aromatic N) is 1. The minimum Gasteiger partial charge on any atom is -1.00 e. The molecule has 70 valence electrons. The van der Waals surface area contributed by atoms with E-state index in [0.29, 0.717) is 12.5 Å². The Hall–Kier alpha value is 0.500. The highest BCUT2D eigenvalue weighted by molar-refractivity contribution is 6.17. The average Bonchev–Trinajstić information content (AvgIpc) is 1.78. The van der Waals surface area contributed by atoms with Crippen LogP contribution in [0.3, 0.4) is 0 Å². The molecule has 0 aliphatic carbocycles. The minimum absolute atomic E-state index is 0. The molecule has 4 heteroatoms. The molecule has 0 radical (unpaired) electrons. The van der Waals surface area contributed by atoms with Gasteiger partial charge in [-0.05, 0) is 0 Å². The van der Waals surface area contributed by atoms with Crippen molar-refractivity contribution in [3.8, 4) is 0 Å². The predicted octanol–water partition coefficient (Wildman–Crippen LogP) is -2.05. The lowest BCUT2D eigenvalue weighted by molar-refractivity contribution is -0.870. The smallest absolute Gasteiger partial charge is 0.102 e. The third kappa shape index (κ3) is 13.5. The molecule has 2 nitrogen and oxygen atoms in total. The van der Waals surface area contributed by atoms with Gasteiger partial charge in [0.05, 0.1) is 34.4 Å². The molecular weight excluding hydrogens is 185 g/mol. The molecule has 0 atom stereocenters. The van der Waals surface area contributed by atoms with Crippen molar-refractivity contribution in [2.75, 3.05) is 46.8 Å². The largest absolute Gasteiger partial charge is 1.00 e. The molecule has 0 heterocycles. The van der Waals surface area contributed by atoms with Gasteiger partial charge >= 0.3 is 0 Å². The van der Waals surface area contributed by atoms with Gasteiger partial charge in [-0.15, -0.1) is 11.6 Å². The van der Waals surface area contributed by atoms with Crippen LogP contribution < -0.4 is 12.4 Å². The van der Waals surface area contributed by atoms with Crippen LogP contribution in [0.15, 0.2) is 0 Å². The van der Waals surface area contributed by atoms with E-state index in [1.807, 2.05) is 0 Å². The molecule has 0 bridgehead atoms. The van der Waals surface area contributed by atoms with E-state index in [4.69, 9.17) is 16.3 Å². The van der Waals surface area contributed by atoms with E-state index in [0.717, 1.165) is 17.6 Å². The highest BCUT2D eigenvalue weighted by Gasteiger charge is 2.04. The van der Waals surface area contributed by atoms with Gasteiger partial charge in [-0.2, -0.15) is 0 Å². The van der Waals surface area contributed by atoms with Gasteiger partial charge in [0.15, 0.2) is 0 Å². The van der Waals surface area contributed by atoms with E-state index in [1.165, 1.54) is 0 Å². The summed E-state index contributed by atoms with van der Waals surface area (Å²) in [5, 5.41) is 0. The number of hydrogen-bond acceptors (Lipinski definition) is 1. The van der Waals surface area contributed by atoms with Gasteiger partial charge in [-0.1, -0.05) is 0 Å². The maximum absolute atomic E-state index is 5.42. The number of likely N-dealkylation sites (N-methyl/N-ethyl adjacent to an activating group) is 1.